The van der Waals surface area contributed by atoms with Crippen molar-refractivity contribution in [1.82, 2.24) is 20.5 Å². The van der Waals surface area contributed by atoms with E-state index in [4.69, 9.17) is 4.74 Å². The number of esters is 1. The Kier molecular flexibility index (Phi) is 3.16. The van der Waals surface area contributed by atoms with Gasteiger partial charge >= 0.3 is 5.97 Å². The second kappa shape index (κ2) is 4.58. The van der Waals surface area contributed by atoms with Gasteiger partial charge in [0, 0.05) is 6.54 Å². The van der Waals surface area contributed by atoms with Crippen LogP contribution in [0.4, 0.5) is 0 Å². The third kappa shape index (κ3) is 2.20. The van der Waals surface area contributed by atoms with E-state index in [-0.39, 0.29) is 18.0 Å². The lowest BCUT2D eigenvalue weighted by Crippen LogP contribution is -2.16. The van der Waals surface area contributed by atoms with Gasteiger partial charge in [-0.25, -0.2) is 9.78 Å². The number of aliphatic hydroxyl groups excluding tert-OH is 1. The molecule has 1 saturated heterocycles. The summed E-state index contributed by atoms with van der Waals surface area (Å²) in [5.41, 5.74) is 0. The summed E-state index contributed by atoms with van der Waals surface area (Å²) in [7, 11) is 0. The van der Waals surface area contributed by atoms with E-state index in [1.54, 1.807) is 6.92 Å². The first-order chi connectivity index (χ1) is 7.70. The molecule has 1 aliphatic rings. The Morgan fingerprint density at radius 1 is 1.69 bits per heavy atom. The van der Waals surface area contributed by atoms with Gasteiger partial charge in [0.25, 0.3) is 5.82 Å². The van der Waals surface area contributed by atoms with E-state index >= 15 is 0 Å². The summed E-state index contributed by atoms with van der Waals surface area (Å²) in [6.45, 7) is 2.55. The van der Waals surface area contributed by atoms with Crippen LogP contribution in [0.2, 0.25) is 0 Å². The topological polar surface area (TPSA) is 100 Å². The minimum Gasteiger partial charge on any atom is -0.460 e. The van der Waals surface area contributed by atoms with Crippen LogP contribution >= 0.6 is 0 Å². The van der Waals surface area contributed by atoms with E-state index < -0.39 is 5.97 Å². The van der Waals surface area contributed by atoms with E-state index in [1.165, 1.54) is 0 Å². The SMILES string of the molecule is CCOC(=O)c1n[nH]c([C@@H]2C[C@@H](O)CN2)n1. The van der Waals surface area contributed by atoms with Crippen LogP contribution < -0.4 is 5.32 Å². The van der Waals surface area contributed by atoms with Crippen molar-refractivity contribution in [1.29, 1.82) is 0 Å². The fourth-order valence-corrected chi connectivity index (χ4v) is 1.64. The molecule has 0 bridgehead atoms. The van der Waals surface area contributed by atoms with Gasteiger partial charge in [-0.1, -0.05) is 0 Å². The molecular weight excluding hydrogens is 212 g/mol. The molecule has 0 radical (unpaired) electrons. The van der Waals surface area contributed by atoms with Crippen LogP contribution in [0.25, 0.3) is 0 Å². The molecule has 0 unspecified atom stereocenters. The third-order valence-electron chi connectivity index (χ3n) is 2.40. The van der Waals surface area contributed by atoms with Crippen molar-refractivity contribution in [2.75, 3.05) is 13.2 Å². The molecule has 0 spiro atoms. The van der Waals surface area contributed by atoms with Crippen molar-refractivity contribution in [3.8, 4) is 0 Å². The molecule has 2 heterocycles. The van der Waals surface area contributed by atoms with Crippen molar-refractivity contribution in [2.24, 2.45) is 0 Å². The smallest absolute Gasteiger partial charge is 0.378 e. The number of rotatable bonds is 3. The second-order valence-electron chi connectivity index (χ2n) is 3.62. The Morgan fingerprint density at radius 2 is 2.50 bits per heavy atom. The van der Waals surface area contributed by atoms with Gasteiger partial charge in [0.15, 0.2) is 0 Å². The minimum atomic E-state index is -0.538. The number of aromatic amines is 1. The van der Waals surface area contributed by atoms with E-state index in [0.29, 0.717) is 25.4 Å². The molecule has 2 atom stereocenters. The number of nitrogens with zero attached hydrogens (tertiary/aromatic N) is 2. The van der Waals surface area contributed by atoms with Crippen LogP contribution in [-0.4, -0.2) is 45.5 Å². The van der Waals surface area contributed by atoms with Crippen LogP contribution in [0.5, 0.6) is 0 Å². The molecule has 7 heteroatoms. The Morgan fingerprint density at radius 3 is 3.12 bits per heavy atom. The normalized spacial score (nSPS) is 24.6. The Balaban J connectivity index is 2.04. The van der Waals surface area contributed by atoms with Crippen LogP contribution in [-0.2, 0) is 4.74 Å². The van der Waals surface area contributed by atoms with Crippen LogP contribution in [0.1, 0.15) is 35.8 Å². The lowest BCUT2D eigenvalue weighted by Gasteiger charge is -2.03. The fraction of sp³-hybridized carbons (Fsp3) is 0.667. The number of H-pyrrole nitrogens is 1. The number of carbonyl (C=O) groups is 1. The average Bonchev–Trinajstić information content (AvgIpc) is 2.85. The number of hydrogen-bond acceptors (Lipinski definition) is 6. The highest BCUT2D eigenvalue weighted by molar-refractivity contribution is 5.84. The zero-order chi connectivity index (χ0) is 11.5. The van der Waals surface area contributed by atoms with Crippen molar-refractivity contribution in [2.45, 2.75) is 25.5 Å². The highest BCUT2D eigenvalue weighted by Crippen LogP contribution is 2.19. The third-order valence-corrected chi connectivity index (χ3v) is 2.40. The first kappa shape index (κ1) is 11.0. The fourth-order valence-electron chi connectivity index (χ4n) is 1.64. The first-order valence-electron chi connectivity index (χ1n) is 5.21. The quantitative estimate of drug-likeness (QED) is 0.594. The highest BCUT2D eigenvalue weighted by atomic mass is 16.5. The Labute approximate surface area is 92.2 Å². The van der Waals surface area contributed by atoms with Crippen molar-refractivity contribution >= 4 is 5.97 Å². The molecule has 3 N–H and O–H groups in total. The number of ether oxygens (including phenoxy) is 1. The second-order valence-corrected chi connectivity index (χ2v) is 3.62. The zero-order valence-electron chi connectivity index (χ0n) is 8.93. The summed E-state index contributed by atoms with van der Waals surface area (Å²) in [4.78, 5) is 15.3. The van der Waals surface area contributed by atoms with Gasteiger partial charge in [-0.15, -0.1) is 5.10 Å². The van der Waals surface area contributed by atoms with E-state index in [9.17, 15) is 9.90 Å². The highest BCUT2D eigenvalue weighted by Gasteiger charge is 2.27. The number of aliphatic hydroxyl groups is 1. The summed E-state index contributed by atoms with van der Waals surface area (Å²) >= 11 is 0. The van der Waals surface area contributed by atoms with Gasteiger partial charge in [-0.05, 0) is 13.3 Å². The van der Waals surface area contributed by atoms with Crippen molar-refractivity contribution < 1.29 is 14.6 Å². The van der Waals surface area contributed by atoms with E-state index in [2.05, 4.69) is 20.5 Å². The molecule has 1 aromatic heterocycles. The monoisotopic (exact) mass is 226 g/mol. The number of β-amino-alcohol motifs (C(OH)–C–C–N with tert-alkyl or cyclic N) is 1. The van der Waals surface area contributed by atoms with Crippen LogP contribution in [0.3, 0.4) is 0 Å². The molecule has 16 heavy (non-hydrogen) atoms. The van der Waals surface area contributed by atoms with E-state index in [1.807, 2.05) is 0 Å². The maximum Gasteiger partial charge on any atom is 0.378 e. The lowest BCUT2D eigenvalue weighted by atomic mass is 10.2. The molecule has 0 saturated carbocycles. The standard InChI is InChI=1S/C9H14N4O3/c1-2-16-9(15)8-11-7(12-13-8)6-3-5(14)4-10-6/h5-6,10,14H,2-4H2,1H3,(H,11,12,13)/t5-,6+/m1/s1. The summed E-state index contributed by atoms with van der Waals surface area (Å²) in [6, 6.07) is -0.0781. The molecule has 88 valence electrons. The molecule has 7 nitrogen and oxygen atoms in total. The van der Waals surface area contributed by atoms with E-state index in [0.717, 1.165) is 0 Å². The molecule has 1 aliphatic heterocycles. The van der Waals surface area contributed by atoms with Gasteiger partial charge in [0.2, 0.25) is 0 Å². The number of aromatic nitrogens is 3. The summed E-state index contributed by atoms with van der Waals surface area (Å²) < 4.78 is 4.77. The molecule has 2 rings (SSSR count). The van der Waals surface area contributed by atoms with Gasteiger partial charge in [0.05, 0.1) is 18.8 Å². The molecule has 0 aliphatic carbocycles. The first-order valence-corrected chi connectivity index (χ1v) is 5.21. The van der Waals surface area contributed by atoms with Gasteiger partial charge in [-0.2, -0.15) is 0 Å². The van der Waals surface area contributed by atoms with Gasteiger partial charge in [-0.3, -0.25) is 5.10 Å². The number of nitrogens with one attached hydrogen (secondary N) is 2. The Bertz CT molecular complexity index is 379. The molecule has 1 fully saturated rings. The maximum atomic E-state index is 11.3. The largest absolute Gasteiger partial charge is 0.460 e. The Hall–Kier alpha value is -1.47. The summed E-state index contributed by atoms with van der Waals surface area (Å²) in [5, 5.41) is 18.9. The number of hydrogen-bond donors (Lipinski definition) is 3. The van der Waals surface area contributed by atoms with Crippen molar-refractivity contribution in [3.05, 3.63) is 11.6 Å². The van der Waals surface area contributed by atoms with Crippen molar-refractivity contribution in [3.63, 3.8) is 0 Å². The van der Waals surface area contributed by atoms with Gasteiger partial charge in [0.1, 0.15) is 5.82 Å². The molecular formula is C9H14N4O3. The predicted molar refractivity (Wildman–Crippen MR) is 53.7 cm³/mol. The van der Waals surface area contributed by atoms with Crippen LogP contribution in [0.15, 0.2) is 0 Å². The summed E-state index contributed by atoms with van der Waals surface area (Å²) in [5.74, 6) is 0.0446. The van der Waals surface area contributed by atoms with Crippen LogP contribution in [0, 0.1) is 0 Å². The average molecular weight is 226 g/mol. The predicted octanol–water partition coefficient (Wildman–Crippen LogP) is -0.623. The minimum absolute atomic E-state index is 0.0278. The summed E-state index contributed by atoms with van der Waals surface area (Å²) in [6.07, 6.45) is 0.193. The zero-order valence-corrected chi connectivity index (χ0v) is 8.93. The maximum absolute atomic E-state index is 11.3. The lowest BCUT2D eigenvalue weighted by molar-refractivity contribution is 0.0512. The van der Waals surface area contributed by atoms with Gasteiger partial charge < -0.3 is 15.2 Å². The number of carbonyl (C=O) groups excluding carboxylic acids is 1. The molecule has 0 amide bonds. The molecule has 0 aromatic carbocycles. The molecule has 1 aromatic rings.